The summed E-state index contributed by atoms with van der Waals surface area (Å²) in [6.45, 7) is 0.664. The van der Waals surface area contributed by atoms with Gasteiger partial charge in [0.25, 0.3) is 0 Å². The van der Waals surface area contributed by atoms with Crippen LogP contribution in [0.2, 0.25) is 0 Å². The first kappa shape index (κ1) is 14.0. The van der Waals surface area contributed by atoms with Gasteiger partial charge in [-0.05, 0) is 36.2 Å². The quantitative estimate of drug-likeness (QED) is 0.572. The first-order valence-corrected chi connectivity index (χ1v) is 8.03. The van der Waals surface area contributed by atoms with Gasteiger partial charge in [0, 0.05) is 16.7 Å². The van der Waals surface area contributed by atoms with Gasteiger partial charge in [0.15, 0.2) is 0 Å². The Morgan fingerprint density at radius 1 is 0.739 bits per heavy atom. The topological polar surface area (TPSA) is 39.2 Å². The summed E-state index contributed by atoms with van der Waals surface area (Å²) in [6, 6.07) is 25.3. The fraction of sp³-hybridized carbons (Fsp3) is 0.143. The number of hydrogen-bond donors (Lipinski definition) is 1. The van der Waals surface area contributed by atoms with Crippen molar-refractivity contribution in [3.63, 3.8) is 0 Å². The number of nitrogens with two attached hydrogens (primary N) is 1. The molecule has 4 aromatic rings. The van der Waals surface area contributed by atoms with Crippen LogP contribution < -0.4 is 5.73 Å². The van der Waals surface area contributed by atoms with Crippen LogP contribution in [0.1, 0.15) is 23.5 Å². The van der Waals surface area contributed by atoms with Crippen molar-refractivity contribution >= 4 is 21.9 Å². The molecule has 1 aromatic heterocycles. The van der Waals surface area contributed by atoms with Crippen molar-refractivity contribution in [3.05, 3.63) is 83.9 Å². The minimum atomic E-state index is 0.304. The van der Waals surface area contributed by atoms with Gasteiger partial charge in [-0.15, -0.1) is 0 Å². The molecule has 0 amide bonds. The summed E-state index contributed by atoms with van der Waals surface area (Å²) in [5.41, 5.74) is 10.3. The van der Waals surface area contributed by atoms with E-state index >= 15 is 0 Å². The van der Waals surface area contributed by atoms with E-state index in [1.165, 1.54) is 21.9 Å². The second-order valence-corrected chi connectivity index (χ2v) is 5.89. The fourth-order valence-electron chi connectivity index (χ4n) is 3.34. The van der Waals surface area contributed by atoms with Crippen LogP contribution in [0, 0.1) is 0 Å². The average Bonchev–Trinajstić information content (AvgIpc) is 2.98. The highest BCUT2D eigenvalue weighted by molar-refractivity contribution is 6.04. The molecular weight excluding hydrogens is 282 g/mol. The molecule has 0 aliphatic rings. The van der Waals surface area contributed by atoms with E-state index in [0.717, 1.165) is 17.6 Å². The third-order valence-electron chi connectivity index (χ3n) is 4.46. The van der Waals surface area contributed by atoms with E-state index in [0.29, 0.717) is 12.5 Å². The van der Waals surface area contributed by atoms with Crippen LogP contribution in [0.3, 0.4) is 0 Å². The third-order valence-corrected chi connectivity index (χ3v) is 4.46. The molecule has 0 aliphatic heterocycles. The summed E-state index contributed by atoms with van der Waals surface area (Å²) in [7, 11) is 0. The molecule has 23 heavy (non-hydrogen) atoms. The smallest absolute Gasteiger partial charge is 0.135 e. The largest absolute Gasteiger partial charge is 0.456 e. The molecule has 1 heterocycles. The molecule has 3 aromatic carbocycles. The zero-order chi connectivity index (χ0) is 15.6. The van der Waals surface area contributed by atoms with Crippen molar-refractivity contribution < 1.29 is 4.42 Å². The Balaban J connectivity index is 1.85. The molecule has 0 fully saturated rings. The number of benzene rings is 3. The molecule has 114 valence electrons. The first-order valence-electron chi connectivity index (χ1n) is 8.03. The molecule has 2 nitrogen and oxygen atoms in total. The van der Waals surface area contributed by atoms with Crippen molar-refractivity contribution in [2.75, 3.05) is 6.54 Å². The minimum Gasteiger partial charge on any atom is -0.456 e. The molecule has 4 rings (SSSR count). The lowest BCUT2D eigenvalue weighted by molar-refractivity contribution is 0.665. The van der Waals surface area contributed by atoms with Crippen molar-refractivity contribution in [3.8, 4) is 0 Å². The van der Waals surface area contributed by atoms with Crippen molar-refractivity contribution in [2.45, 2.75) is 12.3 Å². The van der Waals surface area contributed by atoms with E-state index < -0.39 is 0 Å². The van der Waals surface area contributed by atoms with Crippen molar-refractivity contribution in [2.24, 2.45) is 5.73 Å². The SMILES string of the molecule is NCCC(c1ccccc1)c1ccc2c(c1)oc1ccccc12. The van der Waals surface area contributed by atoms with E-state index in [1.807, 2.05) is 24.3 Å². The standard InChI is InChI=1S/C21H19NO/c22-13-12-17(15-6-2-1-3-7-15)16-10-11-19-18-8-4-5-9-20(18)23-21(19)14-16/h1-11,14,17H,12-13,22H2. The number of rotatable bonds is 4. The van der Waals surface area contributed by atoms with Gasteiger partial charge in [0.1, 0.15) is 11.2 Å². The van der Waals surface area contributed by atoms with E-state index in [4.69, 9.17) is 10.2 Å². The number of para-hydroxylation sites is 1. The first-order chi connectivity index (χ1) is 11.4. The Hall–Kier alpha value is -2.58. The highest BCUT2D eigenvalue weighted by atomic mass is 16.3. The predicted octanol–water partition coefficient (Wildman–Crippen LogP) is 5.07. The zero-order valence-electron chi connectivity index (χ0n) is 12.9. The van der Waals surface area contributed by atoms with Crippen LogP contribution in [0.5, 0.6) is 0 Å². The Morgan fingerprint density at radius 2 is 1.48 bits per heavy atom. The third kappa shape index (κ3) is 2.51. The molecule has 1 unspecified atom stereocenters. The van der Waals surface area contributed by atoms with Crippen LogP contribution >= 0.6 is 0 Å². The molecule has 1 atom stereocenters. The van der Waals surface area contributed by atoms with E-state index in [-0.39, 0.29) is 0 Å². The maximum atomic E-state index is 6.03. The molecule has 0 aliphatic carbocycles. The van der Waals surface area contributed by atoms with Gasteiger partial charge in [-0.1, -0.05) is 60.7 Å². The van der Waals surface area contributed by atoms with Gasteiger partial charge >= 0.3 is 0 Å². The van der Waals surface area contributed by atoms with E-state index in [1.54, 1.807) is 0 Å². The molecule has 0 saturated heterocycles. The molecule has 2 N–H and O–H groups in total. The lowest BCUT2D eigenvalue weighted by Crippen LogP contribution is -2.08. The Labute approximate surface area is 135 Å². The molecule has 2 heteroatoms. The monoisotopic (exact) mass is 301 g/mol. The Bertz CT molecular complexity index is 940. The lowest BCUT2D eigenvalue weighted by atomic mass is 9.88. The van der Waals surface area contributed by atoms with Gasteiger partial charge in [-0.3, -0.25) is 0 Å². The zero-order valence-corrected chi connectivity index (χ0v) is 12.9. The Kier molecular flexibility index (Phi) is 3.60. The molecule has 0 saturated carbocycles. The summed E-state index contributed by atoms with van der Waals surface area (Å²) in [6.07, 6.45) is 0.926. The van der Waals surface area contributed by atoms with Gasteiger partial charge in [-0.25, -0.2) is 0 Å². The summed E-state index contributed by atoms with van der Waals surface area (Å²) in [5, 5.41) is 2.34. The van der Waals surface area contributed by atoms with Crippen LogP contribution in [0.25, 0.3) is 21.9 Å². The van der Waals surface area contributed by atoms with Crippen LogP contribution in [0.15, 0.2) is 77.2 Å². The second kappa shape index (κ2) is 5.90. The van der Waals surface area contributed by atoms with Crippen LogP contribution in [-0.2, 0) is 0 Å². The maximum absolute atomic E-state index is 6.03. The number of fused-ring (bicyclic) bond motifs is 3. The summed E-state index contributed by atoms with van der Waals surface area (Å²) in [5.74, 6) is 0.304. The highest BCUT2D eigenvalue weighted by Gasteiger charge is 2.15. The molecule has 0 radical (unpaired) electrons. The van der Waals surface area contributed by atoms with Gasteiger partial charge in [-0.2, -0.15) is 0 Å². The van der Waals surface area contributed by atoms with E-state index in [9.17, 15) is 0 Å². The summed E-state index contributed by atoms with van der Waals surface area (Å²) >= 11 is 0. The van der Waals surface area contributed by atoms with Crippen LogP contribution in [-0.4, -0.2) is 6.54 Å². The normalized spacial score (nSPS) is 12.7. The molecule has 0 spiro atoms. The average molecular weight is 301 g/mol. The maximum Gasteiger partial charge on any atom is 0.135 e. The fourth-order valence-corrected chi connectivity index (χ4v) is 3.34. The summed E-state index contributed by atoms with van der Waals surface area (Å²) in [4.78, 5) is 0. The Morgan fingerprint density at radius 3 is 2.30 bits per heavy atom. The number of hydrogen-bond acceptors (Lipinski definition) is 2. The second-order valence-electron chi connectivity index (χ2n) is 5.89. The van der Waals surface area contributed by atoms with Gasteiger partial charge < -0.3 is 10.2 Å². The number of furan rings is 1. The van der Waals surface area contributed by atoms with Gasteiger partial charge in [0.05, 0.1) is 0 Å². The molecular formula is C21H19NO. The summed E-state index contributed by atoms with van der Waals surface area (Å²) < 4.78 is 6.03. The van der Waals surface area contributed by atoms with Crippen molar-refractivity contribution in [1.29, 1.82) is 0 Å². The highest BCUT2D eigenvalue weighted by Crippen LogP contribution is 2.34. The minimum absolute atomic E-state index is 0.304. The predicted molar refractivity (Wildman–Crippen MR) is 95.7 cm³/mol. The van der Waals surface area contributed by atoms with Crippen LogP contribution in [0.4, 0.5) is 0 Å². The lowest BCUT2D eigenvalue weighted by Gasteiger charge is -2.17. The van der Waals surface area contributed by atoms with Gasteiger partial charge in [0.2, 0.25) is 0 Å². The molecule has 0 bridgehead atoms. The van der Waals surface area contributed by atoms with E-state index in [2.05, 4.69) is 48.5 Å². The van der Waals surface area contributed by atoms with Crippen molar-refractivity contribution in [1.82, 2.24) is 0 Å².